The summed E-state index contributed by atoms with van der Waals surface area (Å²) in [5.74, 6) is 0.437. The summed E-state index contributed by atoms with van der Waals surface area (Å²) in [6, 6.07) is 3.90. The van der Waals surface area contributed by atoms with Crippen molar-refractivity contribution >= 4 is 22.6 Å². The Labute approximate surface area is 136 Å². The van der Waals surface area contributed by atoms with Crippen LogP contribution in [0.5, 0.6) is 0 Å². The highest BCUT2D eigenvalue weighted by Gasteiger charge is 2.43. The first-order valence-corrected chi connectivity index (χ1v) is 7.77. The molecule has 1 saturated carbocycles. The molecule has 0 aromatic carbocycles. The van der Waals surface area contributed by atoms with Gasteiger partial charge in [-0.1, -0.05) is 0 Å². The lowest BCUT2D eigenvalue weighted by Crippen LogP contribution is -2.17. The van der Waals surface area contributed by atoms with Gasteiger partial charge in [-0.05, 0) is 25.0 Å². The number of H-pyrrole nitrogens is 1. The fourth-order valence-electron chi connectivity index (χ4n) is 2.76. The van der Waals surface area contributed by atoms with Crippen molar-refractivity contribution in [2.45, 2.75) is 18.5 Å². The lowest BCUT2D eigenvalue weighted by Gasteiger charge is -2.07. The third-order valence-corrected chi connectivity index (χ3v) is 4.37. The van der Waals surface area contributed by atoms with Gasteiger partial charge in [-0.15, -0.1) is 0 Å². The molecule has 4 aromatic rings. The van der Waals surface area contributed by atoms with Crippen molar-refractivity contribution in [3.8, 4) is 11.1 Å². The van der Waals surface area contributed by atoms with Gasteiger partial charge in [0.2, 0.25) is 5.95 Å². The van der Waals surface area contributed by atoms with Crippen LogP contribution in [0.15, 0.2) is 37.1 Å². The SMILES string of the molecule is FC1(CNc2ncc3c(-c4ccc5ncnn5c4)c[nH]c3n2)CC1. The normalized spacial score (nSPS) is 15.9. The van der Waals surface area contributed by atoms with Crippen LogP contribution in [0.3, 0.4) is 0 Å². The molecule has 0 radical (unpaired) electrons. The second kappa shape index (κ2) is 4.73. The number of fused-ring (bicyclic) bond motifs is 2. The van der Waals surface area contributed by atoms with Gasteiger partial charge in [0.15, 0.2) is 5.65 Å². The Kier molecular flexibility index (Phi) is 2.64. The molecule has 0 aliphatic heterocycles. The summed E-state index contributed by atoms with van der Waals surface area (Å²) in [4.78, 5) is 16.0. The van der Waals surface area contributed by atoms with E-state index in [1.165, 1.54) is 6.33 Å². The summed E-state index contributed by atoms with van der Waals surface area (Å²) >= 11 is 0. The molecule has 8 heteroatoms. The third kappa shape index (κ3) is 2.18. The zero-order valence-electron chi connectivity index (χ0n) is 12.7. The summed E-state index contributed by atoms with van der Waals surface area (Å²) in [5, 5.41) is 8.03. The molecule has 7 nitrogen and oxygen atoms in total. The van der Waals surface area contributed by atoms with Crippen LogP contribution in [0.1, 0.15) is 12.8 Å². The van der Waals surface area contributed by atoms with Gasteiger partial charge in [0, 0.05) is 35.1 Å². The smallest absolute Gasteiger partial charge is 0.224 e. The average Bonchev–Trinajstić information content (AvgIpc) is 3.02. The number of pyridine rings is 1. The van der Waals surface area contributed by atoms with Gasteiger partial charge in [0.05, 0.1) is 6.54 Å². The Morgan fingerprint density at radius 1 is 1.29 bits per heavy atom. The number of alkyl halides is 1. The Balaban J connectivity index is 1.50. The number of hydrogen-bond donors (Lipinski definition) is 2. The summed E-state index contributed by atoms with van der Waals surface area (Å²) < 4.78 is 15.4. The molecule has 0 atom stereocenters. The monoisotopic (exact) mass is 323 g/mol. The molecule has 1 fully saturated rings. The lowest BCUT2D eigenvalue weighted by atomic mass is 10.1. The number of aromatic nitrogens is 6. The molecule has 5 rings (SSSR count). The Morgan fingerprint density at radius 3 is 3.08 bits per heavy atom. The minimum absolute atomic E-state index is 0.259. The number of nitrogens with zero attached hydrogens (tertiary/aromatic N) is 5. The number of hydrogen-bond acceptors (Lipinski definition) is 5. The summed E-state index contributed by atoms with van der Waals surface area (Å²) in [5.41, 5.74) is 2.40. The predicted molar refractivity (Wildman–Crippen MR) is 87.4 cm³/mol. The van der Waals surface area contributed by atoms with Crippen LogP contribution in [-0.4, -0.2) is 41.8 Å². The van der Waals surface area contributed by atoms with Crippen LogP contribution in [-0.2, 0) is 0 Å². The second-order valence-corrected chi connectivity index (χ2v) is 6.14. The molecule has 0 spiro atoms. The largest absolute Gasteiger partial charge is 0.351 e. The average molecular weight is 323 g/mol. The van der Waals surface area contributed by atoms with E-state index in [0.717, 1.165) is 22.2 Å². The highest BCUT2D eigenvalue weighted by molar-refractivity contribution is 5.93. The fraction of sp³-hybridized carbons (Fsp3) is 0.250. The van der Waals surface area contributed by atoms with Crippen molar-refractivity contribution in [2.75, 3.05) is 11.9 Å². The number of halogens is 1. The van der Waals surface area contributed by atoms with Gasteiger partial charge in [0.1, 0.15) is 17.6 Å². The zero-order valence-corrected chi connectivity index (χ0v) is 12.7. The van der Waals surface area contributed by atoms with Crippen molar-refractivity contribution in [1.82, 2.24) is 29.5 Å². The molecule has 0 amide bonds. The van der Waals surface area contributed by atoms with E-state index >= 15 is 0 Å². The molecule has 1 aliphatic rings. The van der Waals surface area contributed by atoms with Crippen LogP contribution < -0.4 is 5.32 Å². The molecule has 0 unspecified atom stereocenters. The summed E-state index contributed by atoms with van der Waals surface area (Å²) in [7, 11) is 0. The van der Waals surface area contributed by atoms with Gasteiger partial charge >= 0.3 is 0 Å². The van der Waals surface area contributed by atoms with Crippen molar-refractivity contribution in [2.24, 2.45) is 0 Å². The molecule has 4 heterocycles. The summed E-state index contributed by atoms with van der Waals surface area (Å²) in [6.45, 7) is 0.259. The Hall–Kier alpha value is -3.03. The van der Waals surface area contributed by atoms with Crippen LogP contribution in [0, 0.1) is 0 Å². The van der Waals surface area contributed by atoms with Crippen LogP contribution in [0.25, 0.3) is 27.8 Å². The molecule has 120 valence electrons. The van der Waals surface area contributed by atoms with Crippen molar-refractivity contribution in [3.63, 3.8) is 0 Å². The van der Waals surface area contributed by atoms with Crippen molar-refractivity contribution in [1.29, 1.82) is 0 Å². The second-order valence-electron chi connectivity index (χ2n) is 6.14. The predicted octanol–water partition coefficient (Wildman–Crippen LogP) is 2.58. The van der Waals surface area contributed by atoms with E-state index in [0.29, 0.717) is 24.4 Å². The first kappa shape index (κ1) is 13.4. The van der Waals surface area contributed by atoms with E-state index in [9.17, 15) is 4.39 Å². The minimum Gasteiger partial charge on any atom is -0.351 e. The lowest BCUT2D eigenvalue weighted by molar-refractivity contribution is 0.326. The molecular weight excluding hydrogens is 309 g/mol. The van der Waals surface area contributed by atoms with Gasteiger partial charge in [0.25, 0.3) is 0 Å². The first-order valence-electron chi connectivity index (χ1n) is 7.77. The molecule has 0 saturated heterocycles. The maximum atomic E-state index is 13.7. The molecule has 1 aliphatic carbocycles. The van der Waals surface area contributed by atoms with E-state index in [2.05, 4.69) is 30.4 Å². The highest BCUT2D eigenvalue weighted by Crippen LogP contribution is 2.39. The zero-order chi connectivity index (χ0) is 16.1. The summed E-state index contributed by atoms with van der Waals surface area (Å²) in [6.07, 6.45) is 8.29. The van der Waals surface area contributed by atoms with Crippen molar-refractivity contribution < 1.29 is 4.39 Å². The van der Waals surface area contributed by atoms with E-state index in [-0.39, 0.29) is 6.54 Å². The van der Waals surface area contributed by atoms with Crippen LogP contribution in [0.2, 0.25) is 0 Å². The van der Waals surface area contributed by atoms with Crippen molar-refractivity contribution in [3.05, 3.63) is 37.1 Å². The van der Waals surface area contributed by atoms with Gasteiger partial charge in [-0.25, -0.2) is 18.9 Å². The molecule has 0 bridgehead atoms. The number of aromatic amines is 1. The van der Waals surface area contributed by atoms with Crippen LogP contribution >= 0.6 is 0 Å². The molecule has 2 N–H and O–H groups in total. The number of rotatable bonds is 4. The quantitative estimate of drug-likeness (QED) is 0.603. The Morgan fingerprint density at radius 2 is 2.21 bits per heavy atom. The molecular formula is C16H14FN7. The van der Waals surface area contributed by atoms with Gasteiger partial charge in [-0.3, -0.25) is 0 Å². The van der Waals surface area contributed by atoms with E-state index in [1.807, 2.05) is 24.5 Å². The molecule has 24 heavy (non-hydrogen) atoms. The molecule has 4 aromatic heterocycles. The number of anilines is 1. The maximum absolute atomic E-state index is 13.7. The minimum atomic E-state index is -1.08. The van der Waals surface area contributed by atoms with Crippen LogP contribution in [0.4, 0.5) is 10.3 Å². The number of nitrogens with one attached hydrogen (secondary N) is 2. The Bertz CT molecular complexity index is 1050. The van der Waals surface area contributed by atoms with E-state index < -0.39 is 5.67 Å². The third-order valence-electron chi connectivity index (χ3n) is 4.37. The maximum Gasteiger partial charge on any atom is 0.224 e. The topological polar surface area (TPSA) is 83.8 Å². The fourth-order valence-corrected chi connectivity index (χ4v) is 2.76. The van der Waals surface area contributed by atoms with Gasteiger partial charge in [-0.2, -0.15) is 10.1 Å². The standard InChI is InChI=1S/C16H14FN7/c17-16(3-4-16)8-20-15-19-6-12-11(5-18-14(12)23-15)10-1-2-13-21-9-22-24(13)7-10/h1-2,5-7,9H,3-4,8H2,(H2,18,19,20,23). The highest BCUT2D eigenvalue weighted by atomic mass is 19.1. The van der Waals surface area contributed by atoms with E-state index in [4.69, 9.17) is 0 Å². The van der Waals surface area contributed by atoms with Gasteiger partial charge < -0.3 is 10.3 Å². The first-order chi connectivity index (χ1) is 11.7. The van der Waals surface area contributed by atoms with E-state index in [1.54, 1.807) is 10.7 Å².